The van der Waals surface area contributed by atoms with E-state index in [1.807, 2.05) is 0 Å². The predicted octanol–water partition coefficient (Wildman–Crippen LogP) is 3.50. The van der Waals surface area contributed by atoms with Gasteiger partial charge in [-0.1, -0.05) is 37.6 Å². The molecule has 0 heterocycles. The van der Waals surface area contributed by atoms with Crippen LogP contribution >= 0.6 is 0 Å². The summed E-state index contributed by atoms with van der Waals surface area (Å²) in [5, 5.41) is 3.55. The highest BCUT2D eigenvalue weighted by Crippen LogP contribution is 2.20. The molecule has 0 amide bonds. The number of aryl methyl sites for hydroxylation is 2. The fourth-order valence-electron chi connectivity index (χ4n) is 2.21. The van der Waals surface area contributed by atoms with Crippen molar-refractivity contribution in [3.63, 3.8) is 0 Å². The number of nitrogens with one attached hydrogen (secondary N) is 1. The first-order valence-corrected chi connectivity index (χ1v) is 8.72. The largest absolute Gasteiger partial charge is 0.309 e. The van der Waals surface area contributed by atoms with Gasteiger partial charge in [-0.05, 0) is 44.4 Å². The first kappa shape index (κ1) is 16.4. The standard InChI is InChI=1S/C16H27NOS/c1-5-9-17-16(12-19(18)10-6-2)15-11-13(3)7-8-14(15)4/h7-8,11,16-17H,5-6,9-10,12H2,1-4H3. The SMILES string of the molecule is CCCNC(CS(=O)CCC)c1cc(C)ccc1C. The van der Waals surface area contributed by atoms with Gasteiger partial charge in [0.15, 0.2) is 0 Å². The zero-order chi connectivity index (χ0) is 14.3. The summed E-state index contributed by atoms with van der Waals surface area (Å²) in [4.78, 5) is 0. The van der Waals surface area contributed by atoms with E-state index in [4.69, 9.17) is 0 Å². The average molecular weight is 281 g/mol. The Morgan fingerprint density at radius 2 is 1.95 bits per heavy atom. The Morgan fingerprint density at radius 1 is 1.21 bits per heavy atom. The molecule has 1 aromatic carbocycles. The summed E-state index contributed by atoms with van der Waals surface area (Å²) in [6, 6.07) is 6.74. The summed E-state index contributed by atoms with van der Waals surface area (Å²) in [5.41, 5.74) is 3.86. The summed E-state index contributed by atoms with van der Waals surface area (Å²) in [5.74, 6) is 1.52. The van der Waals surface area contributed by atoms with Crippen molar-refractivity contribution in [1.29, 1.82) is 0 Å². The minimum Gasteiger partial charge on any atom is -0.309 e. The van der Waals surface area contributed by atoms with E-state index in [1.54, 1.807) is 0 Å². The molecule has 108 valence electrons. The van der Waals surface area contributed by atoms with Gasteiger partial charge in [0.05, 0.1) is 0 Å². The molecule has 1 aromatic rings. The van der Waals surface area contributed by atoms with Crippen molar-refractivity contribution in [2.24, 2.45) is 0 Å². The molecule has 19 heavy (non-hydrogen) atoms. The topological polar surface area (TPSA) is 29.1 Å². The van der Waals surface area contributed by atoms with Gasteiger partial charge in [-0.3, -0.25) is 4.21 Å². The van der Waals surface area contributed by atoms with E-state index in [0.717, 1.165) is 30.9 Å². The fourth-order valence-corrected chi connectivity index (χ4v) is 3.50. The van der Waals surface area contributed by atoms with E-state index in [1.165, 1.54) is 16.7 Å². The Labute approximate surface area is 120 Å². The van der Waals surface area contributed by atoms with Crippen LogP contribution in [0.4, 0.5) is 0 Å². The van der Waals surface area contributed by atoms with Crippen LogP contribution in [0.2, 0.25) is 0 Å². The van der Waals surface area contributed by atoms with E-state index < -0.39 is 10.8 Å². The first-order chi connectivity index (χ1) is 9.08. The van der Waals surface area contributed by atoms with Crippen LogP contribution < -0.4 is 5.32 Å². The Balaban J connectivity index is 2.88. The van der Waals surface area contributed by atoms with Crippen LogP contribution in [-0.2, 0) is 10.8 Å². The molecule has 0 aliphatic heterocycles. The van der Waals surface area contributed by atoms with Crippen molar-refractivity contribution in [2.45, 2.75) is 46.6 Å². The third-order valence-corrected chi connectivity index (χ3v) is 4.80. The lowest BCUT2D eigenvalue weighted by Gasteiger charge is -2.21. The molecule has 0 aliphatic rings. The van der Waals surface area contributed by atoms with Crippen LogP contribution in [0.1, 0.15) is 49.4 Å². The van der Waals surface area contributed by atoms with E-state index in [0.29, 0.717) is 0 Å². The van der Waals surface area contributed by atoms with E-state index in [9.17, 15) is 4.21 Å². The molecule has 1 N–H and O–H groups in total. The first-order valence-electron chi connectivity index (χ1n) is 7.24. The van der Waals surface area contributed by atoms with Gasteiger partial charge in [0.2, 0.25) is 0 Å². The smallest absolute Gasteiger partial charge is 0.0439 e. The van der Waals surface area contributed by atoms with Crippen molar-refractivity contribution in [3.05, 3.63) is 34.9 Å². The molecule has 0 aromatic heterocycles. The lowest BCUT2D eigenvalue weighted by atomic mass is 10.00. The predicted molar refractivity (Wildman–Crippen MR) is 85.1 cm³/mol. The summed E-state index contributed by atoms with van der Waals surface area (Å²) in [6.45, 7) is 9.48. The minimum absolute atomic E-state index is 0.215. The third-order valence-electron chi connectivity index (χ3n) is 3.24. The summed E-state index contributed by atoms with van der Waals surface area (Å²) in [7, 11) is -0.731. The van der Waals surface area contributed by atoms with Crippen molar-refractivity contribution in [3.8, 4) is 0 Å². The molecular weight excluding hydrogens is 254 g/mol. The number of hydrogen-bond acceptors (Lipinski definition) is 2. The second-order valence-corrected chi connectivity index (χ2v) is 6.80. The van der Waals surface area contributed by atoms with E-state index in [2.05, 4.69) is 51.2 Å². The Kier molecular flexibility index (Phi) is 7.32. The molecule has 1 rings (SSSR count). The van der Waals surface area contributed by atoms with Gasteiger partial charge in [-0.2, -0.15) is 0 Å². The highest BCUT2D eigenvalue weighted by Gasteiger charge is 2.16. The Hall–Kier alpha value is -0.670. The maximum Gasteiger partial charge on any atom is 0.0439 e. The van der Waals surface area contributed by atoms with Gasteiger partial charge < -0.3 is 5.32 Å². The van der Waals surface area contributed by atoms with Gasteiger partial charge in [0.25, 0.3) is 0 Å². The van der Waals surface area contributed by atoms with Crippen molar-refractivity contribution in [1.82, 2.24) is 5.32 Å². The fraction of sp³-hybridized carbons (Fsp3) is 0.625. The number of rotatable bonds is 8. The summed E-state index contributed by atoms with van der Waals surface area (Å²) < 4.78 is 12.1. The maximum absolute atomic E-state index is 12.1. The molecule has 0 radical (unpaired) electrons. The van der Waals surface area contributed by atoms with Crippen LogP contribution in [0.5, 0.6) is 0 Å². The van der Waals surface area contributed by atoms with Crippen LogP contribution in [0.3, 0.4) is 0 Å². The van der Waals surface area contributed by atoms with Crippen molar-refractivity contribution < 1.29 is 4.21 Å². The number of benzene rings is 1. The summed E-state index contributed by atoms with van der Waals surface area (Å²) in [6.07, 6.45) is 2.09. The second-order valence-electron chi connectivity index (χ2n) is 5.18. The highest BCUT2D eigenvalue weighted by molar-refractivity contribution is 7.85. The molecule has 0 saturated carbocycles. The molecule has 0 fully saturated rings. The van der Waals surface area contributed by atoms with Gasteiger partial charge >= 0.3 is 0 Å². The molecule has 0 aliphatic carbocycles. The van der Waals surface area contributed by atoms with Gasteiger partial charge in [0, 0.05) is 28.3 Å². The molecule has 0 bridgehead atoms. The normalized spacial score (nSPS) is 14.3. The molecule has 2 nitrogen and oxygen atoms in total. The van der Waals surface area contributed by atoms with Crippen LogP contribution in [0.15, 0.2) is 18.2 Å². The van der Waals surface area contributed by atoms with E-state index >= 15 is 0 Å². The highest BCUT2D eigenvalue weighted by atomic mass is 32.2. The van der Waals surface area contributed by atoms with Gasteiger partial charge in [-0.25, -0.2) is 0 Å². The monoisotopic (exact) mass is 281 g/mol. The molecule has 2 atom stereocenters. The average Bonchev–Trinajstić information content (AvgIpc) is 2.38. The van der Waals surface area contributed by atoms with Crippen molar-refractivity contribution >= 4 is 10.8 Å². The third kappa shape index (κ3) is 5.45. The minimum atomic E-state index is -0.731. The van der Waals surface area contributed by atoms with Crippen LogP contribution in [-0.4, -0.2) is 22.3 Å². The zero-order valence-corrected chi connectivity index (χ0v) is 13.5. The Morgan fingerprint density at radius 3 is 2.58 bits per heavy atom. The molecule has 0 saturated heterocycles. The maximum atomic E-state index is 12.1. The van der Waals surface area contributed by atoms with E-state index in [-0.39, 0.29) is 6.04 Å². The quantitative estimate of drug-likeness (QED) is 0.790. The lowest BCUT2D eigenvalue weighted by molar-refractivity contribution is 0.567. The second kappa shape index (κ2) is 8.49. The molecule has 0 spiro atoms. The lowest BCUT2D eigenvalue weighted by Crippen LogP contribution is -2.28. The number of hydrogen-bond donors (Lipinski definition) is 1. The summed E-state index contributed by atoms with van der Waals surface area (Å²) >= 11 is 0. The van der Waals surface area contributed by atoms with Gasteiger partial charge in [0.1, 0.15) is 0 Å². The van der Waals surface area contributed by atoms with Crippen LogP contribution in [0.25, 0.3) is 0 Å². The Bertz CT molecular complexity index is 417. The molecule has 3 heteroatoms. The molecule has 2 unspecified atom stereocenters. The van der Waals surface area contributed by atoms with Gasteiger partial charge in [-0.15, -0.1) is 0 Å². The molecular formula is C16H27NOS. The van der Waals surface area contributed by atoms with Crippen LogP contribution in [0, 0.1) is 13.8 Å². The van der Waals surface area contributed by atoms with Crippen molar-refractivity contribution in [2.75, 3.05) is 18.1 Å². The zero-order valence-electron chi connectivity index (χ0n) is 12.7.